The molecule has 0 fully saturated rings. The van der Waals surface area contributed by atoms with Gasteiger partial charge in [0.15, 0.2) is 28.5 Å². The van der Waals surface area contributed by atoms with Gasteiger partial charge in [0, 0.05) is 19.2 Å². The Kier molecular flexibility index (Phi) is 4.54. The molecule has 0 aliphatic carbocycles. The smallest absolute Gasteiger partial charge is 0.330 e. The molecule has 134 valence electrons. The number of aromatic nitrogens is 4. The first kappa shape index (κ1) is 17.4. The van der Waals surface area contributed by atoms with Crippen LogP contribution in [0.25, 0.3) is 11.2 Å². The van der Waals surface area contributed by atoms with Crippen LogP contribution in [0.4, 0.5) is 0 Å². The fourth-order valence-corrected chi connectivity index (χ4v) is 2.69. The summed E-state index contributed by atoms with van der Waals surface area (Å²) < 4.78 is 13.4. The van der Waals surface area contributed by atoms with E-state index in [0.29, 0.717) is 40.6 Å². The molecule has 3 aromatic rings. The van der Waals surface area contributed by atoms with E-state index in [1.807, 2.05) is 6.92 Å². The maximum atomic E-state index is 12.1. The summed E-state index contributed by atoms with van der Waals surface area (Å²) in [5.41, 5.74) is 0.367. The van der Waals surface area contributed by atoms with Crippen molar-refractivity contribution >= 4 is 11.2 Å². The number of imidazole rings is 1. The predicted octanol–water partition coefficient (Wildman–Crippen LogP) is 0.860. The lowest BCUT2D eigenvalue weighted by Crippen LogP contribution is -2.30. The lowest BCUT2D eigenvalue weighted by Gasteiger charge is -2.06. The van der Waals surface area contributed by atoms with Crippen molar-refractivity contribution in [1.29, 1.82) is 0 Å². The molecule has 0 radical (unpaired) electrons. The molecular formula is C18H18N4O4. The Hall–Kier alpha value is -3.47. The Morgan fingerprint density at radius 1 is 1.15 bits per heavy atom. The van der Waals surface area contributed by atoms with Gasteiger partial charge in [-0.25, -0.2) is 9.78 Å². The number of hydrogen-bond acceptors (Lipinski definition) is 5. The minimum absolute atomic E-state index is 0.308. The van der Waals surface area contributed by atoms with Gasteiger partial charge in [0.05, 0.1) is 14.2 Å². The Labute approximate surface area is 149 Å². The minimum Gasteiger partial charge on any atom is -0.493 e. The van der Waals surface area contributed by atoms with Crippen LogP contribution in [0, 0.1) is 11.8 Å². The second-order valence-electron chi connectivity index (χ2n) is 5.49. The topological polar surface area (TPSA) is 91.1 Å². The Balaban J connectivity index is 2.13. The molecule has 8 heteroatoms. The first-order valence-corrected chi connectivity index (χ1v) is 7.93. The van der Waals surface area contributed by atoms with Crippen LogP contribution in [0.15, 0.2) is 27.8 Å². The number of aryl methyl sites for hydroxylation is 2. The van der Waals surface area contributed by atoms with E-state index in [1.54, 1.807) is 44.0 Å². The van der Waals surface area contributed by atoms with Crippen LogP contribution in [-0.4, -0.2) is 33.3 Å². The summed E-state index contributed by atoms with van der Waals surface area (Å²) in [4.78, 5) is 30.7. The fraction of sp³-hybridized carbons (Fsp3) is 0.278. The minimum atomic E-state index is -0.484. The summed E-state index contributed by atoms with van der Waals surface area (Å²) in [6, 6.07) is 5.31. The molecule has 3 rings (SSSR count). The number of H-pyrrole nitrogens is 1. The quantitative estimate of drug-likeness (QED) is 0.705. The lowest BCUT2D eigenvalue weighted by atomic mass is 10.2. The van der Waals surface area contributed by atoms with E-state index in [-0.39, 0.29) is 0 Å². The largest absolute Gasteiger partial charge is 0.493 e. The van der Waals surface area contributed by atoms with Crippen molar-refractivity contribution in [3.8, 4) is 23.3 Å². The van der Waals surface area contributed by atoms with Crippen LogP contribution >= 0.6 is 0 Å². The van der Waals surface area contributed by atoms with Gasteiger partial charge in [-0.2, -0.15) is 0 Å². The molecule has 1 N–H and O–H groups in total. The summed E-state index contributed by atoms with van der Waals surface area (Å²) >= 11 is 0. The van der Waals surface area contributed by atoms with Crippen molar-refractivity contribution in [2.75, 3.05) is 14.2 Å². The third-order valence-electron chi connectivity index (χ3n) is 4.03. The summed E-state index contributed by atoms with van der Waals surface area (Å²) in [5.74, 6) is 7.50. The van der Waals surface area contributed by atoms with Crippen molar-refractivity contribution in [3.63, 3.8) is 0 Å². The van der Waals surface area contributed by atoms with Gasteiger partial charge < -0.3 is 14.0 Å². The summed E-state index contributed by atoms with van der Waals surface area (Å²) in [7, 11) is 4.80. The first-order chi connectivity index (χ1) is 12.5. The number of rotatable bonds is 3. The van der Waals surface area contributed by atoms with Gasteiger partial charge in [-0.1, -0.05) is 5.92 Å². The van der Waals surface area contributed by atoms with Crippen molar-refractivity contribution < 1.29 is 9.47 Å². The maximum Gasteiger partial charge on any atom is 0.330 e. The Bertz CT molecular complexity index is 1160. The molecule has 26 heavy (non-hydrogen) atoms. The molecule has 0 saturated carbocycles. The van der Waals surface area contributed by atoms with E-state index in [2.05, 4.69) is 21.8 Å². The molecule has 8 nitrogen and oxygen atoms in total. The number of aromatic amines is 1. The monoisotopic (exact) mass is 354 g/mol. The second kappa shape index (κ2) is 6.80. The average molecular weight is 354 g/mol. The highest BCUT2D eigenvalue weighted by Crippen LogP contribution is 2.27. The van der Waals surface area contributed by atoms with Gasteiger partial charge in [-0.3, -0.25) is 14.3 Å². The molecule has 0 aliphatic heterocycles. The van der Waals surface area contributed by atoms with E-state index >= 15 is 0 Å². The van der Waals surface area contributed by atoms with E-state index in [4.69, 9.17) is 9.47 Å². The Morgan fingerprint density at radius 2 is 1.88 bits per heavy atom. The maximum absolute atomic E-state index is 12.1. The Morgan fingerprint density at radius 3 is 2.54 bits per heavy atom. The van der Waals surface area contributed by atoms with Crippen molar-refractivity contribution in [2.45, 2.75) is 13.5 Å². The second-order valence-corrected chi connectivity index (χ2v) is 5.49. The molecular weight excluding hydrogens is 336 g/mol. The highest BCUT2D eigenvalue weighted by Gasteiger charge is 2.14. The zero-order valence-corrected chi connectivity index (χ0v) is 14.9. The average Bonchev–Trinajstić information content (AvgIpc) is 2.96. The number of nitrogens with one attached hydrogen (secondary N) is 1. The molecule has 2 heterocycles. The van der Waals surface area contributed by atoms with Gasteiger partial charge in [0.2, 0.25) is 0 Å². The van der Waals surface area contributed by atoms with Crippen molar-refractivity contribution in [1.82, 2.24) is 19.1 Å². The molecule has 0 aliphatic rings. The van der Waals surface area contributed by atoms with Gasteiger partial charge >= 0.3 is 5.69 Å². The number of nitrogens with zero attached hydrogens (tertiary/aromatic N) is 3. The third-order valence-corrected chi connectivity index (χ3v) is 4.03. The fourth-order valence-electron chi connectivity index (χ4n) is 2.69. The van der Waals surface area contributed by atoms with E-state index in [9.17, 15) is 9.59 Å². The van der Waals surface area contributed by atoms with Crippen LogP contribution in [0.1, 0.15) is 18.3 Å². The molecule has 2 aromatic heterocycles. The number of benzene rings is 1. The van der Waals surface area contributed by atoms with Crippen LogP contribution in [0.3, 0.4) is 0 Å². The van der Waals surface area contributed by atoms with Gasteiger partial charge in [-0.05, 0) is 31.0 Å². The number of ether oxygens (including phenoxy) is 2. The molecule has 0 spiro atoms. The van der Waals surface area contributed by atoms with Gasteiger partial charge in [0.1, 0.15) is 0 Å². The van der Waals surface area contributed by atoms with E-state index in [1.165, 1.54) is 4.57 Å². The molecule has 0 unspecified atom stereocenters. The molecule has 0 atom stereocenters. The van der Waals surface area contributed by atoms with Gasteiger partial charge in [0.25, 0.3) is 5.56 Å². The van der Waals surface area contributed by atoms with Crippen LogP contribution in [-0.2, 0) is 13.6 Å². The summed E-state index contributed by atoms with van der Waals surface area (Å²) in [6.45, 7) is 2.20. The van der Waals surface area contributed by atoms with Crippen LogP contribution in [0.2, 0.25) is 0 Å². The SMILES string of the molecule is CCn1c(=O)[nH]c(=O)c2c1nc(C#Cc1ccc(OC)c(OC)c1)n2C. The number of hydrogen-bond donors (Lipinski definition) is 1. The van der Waals surface area contributed by atoms with Crippen molar-refractivity contribution in [3.05, 3.63) is 50.4 Å². The molecule has 0 bridgehead atoms. The summed E-state index contributed by atoms with van der Waals surface area (Å²) in [6.07, 6.45) is 0. The zero-order chi connectivity index (χ0) is 18.8. The first-order valence-electron chi connectivity index (χ1n) is 7.93. The predicted molar refractivity (Wildman–Crippen MR) is 96.8 cm³/mol. The zero-order valence-electron chi connectivity index (χ0n) is 14.9. The summed E-state index contributed by atoms with van der Waals surface area (Å²) in [5, 5.41) is 0. The van der Waals surface area contributed by atoms with E-state index in [0.717, 1.165) is 0 Å². The van der Waals surface area contributed by atoms with Crippen LogP contribution < -0.4 is 20.7 Å². The highest BCUT2D eigenvalue weighted by molar-refractivity contribution is 5.72. The highest BCUT2D eigenvalue weighted by atomic mass is 16.5. The van der Waals surface area contributed by atoms with E-state index < -0.39 is 11.2 Å². The molecule has 1 aromatic carbocycles. The van der Waals surface area contributed by atoms with Crippen LogP contribution in [0.5, 0.6) is 11.5 Å². The molecule has 0 saturated heterocycles. The van der Waals surface area contributed by atoms with Crippen molar-refractivity contribution in [2.24, 2.45) is 7.05 Å². The van der Waals surface area contributed by atoms with Gasteiger partial charge in [-0.15, -0.1) is 0 Å². The number of fused-ring (bicyclic) bond motifs is 1. The molecule has 0 amide bonds. The standard InChI is InChI=1S/C18H18N4O4/c1-5-22-16-15(17(23)20-18(22)24)21(2)14(19-16)9-7-11-6-8-12(25-3)13(10-11)26-4/h6,8,10H,5H2,1-4H3,(H,20,23,24). The normalized spacial score (nSPS) is 10.5. The lowest BCUT2D eigenvalue weighted by molar-refractivity contribution is 0.355. The third kappa shape index (κ3) is 2.84. The number of methoxy groups -OCH3 is 2.